The SMILES string of the molecule is CC(CNc1ccc([N+](=O)[O-])nc1)c1ccccc1. The molecule has 0 saturated carbocycles. The molecule has 0 bridgehead atoms. The average molecular weight is 257 g/mol. The third-order valence-corrected chi connectivity index (χ3v) is 2.92. The van der Waals surface area contributed by atoms with Crippen LogP contribution in [0.3, 0.4) is 0 Å². The van der Waals surface area contributed by atoms with E-state index in [2.05, 4.69) is 29.4 Å². The molecule has 1 unspecified atom stereocenters. The number of nitrogens with one attached hydrogen (secondary N) is 1. The molecule has 1 heterocycles. The first-order valence-electron chi connectivity index (χ1n) is 6.06. The predicted octanol–water partition coefficient (Wildman–Crippen LogP) is 3.21. The van der Waals surface area contributed by atoms with Gasteiger partial charge in [0.15, 0.2) is 6.20 Å². The Morgan fingerprint density at radius 1 is 1.26 bits per heavy atom. The van der Waals surface area contributed by atoms with Gasteiger partial charge in [0.1, 0.15) is 0 Å². The van der Waals surface area contributed by atoms with Crippen molar-refractivity contribution in [2.24, 2.45) is 0 Å². The van der Waals surface area contributed by atoms with Crippen LogP contribution >= 0.6 is 0 Å². The Labute approximate surface area is 111 Å². The summed E-state index contributed by atoms with van der Waals surface area (Å²) in [5, 5.41) is 13.7. The van der Waals surface area contributed by atoms with Gasteiger partial charge in [-0.25, -0.2) is 0 Å². The molecule has 19 heavy (non-hydrogen) atoms. The molecule has 2 aromatic rings. The highest BCUT2D eigenvalue weighted by Gasteiger charge is 2.08. The minimum atomic E-state index is -0.504. The Bertz CT molecular complexity index is 540. The van der Waals surface area contributed by atoms with Crippen molar-refractivity contribution in [3.8, 4) is 0 Å². The Hall–Kier alpha value is -2.43. The summed E-state index contributed by atoms with van der Waals surface area (Å²) in [5.41, 5.74) is 2.04. The van der Waals surface area contributed by atoms with E-state index >= 15 is 0 Å². The summed E-state index contributed by atoms with van der Waals surface area (Å²) in [6, 6.07) is 13.3. The third-order valence-electron chi connectivity index (χ3n) is 2.92. The maximum Gasteiger partial charge on any atom is 0.363 e. The summed E-state index contributed by atoms with van der Waals surface area (Å²) in [6.45, 7) is 2.88. The second-order valence-electron chi connectivity index (χ2n) is 4.35. The number of hydrogen-bond acceptors (Lipinski definition) is 4. The lowest BCUT2D eigenvalue weighted by atomic mass is 10.0. The van der Waals surface area contributed by atoms with Gasteiger partial charge in [-0.1, -0.05) is 37.3 Å². The Morgan fingerprint density at radius 2 is 2.00 bits per heavy atom. The first-order chi connectivity index (χ1) is 9.16. The van der Waals surface area contributed by atoms with Gasteiger partial charge in [-0.05, 0) is 27.5 Å². The van der Waals surface area contributed by atoms with Gasteiger partial charge in [0.2, 0.25) is 0 Å². The monoisotopic (exact) mass is 257 g/mol. The van der Waals surface area contributed by atoms with E-state index in [1.165, 1.54) is 17.8 Å². The summed E-state index contributed by atoms with van der Waals surface area (Å²) < 4.78 is 0. The van der Waals surface area contributed by atoms with Crippen LogP contribution in [0.15, 0.2) is 48.7 Å². The number of benzene rings is 1. The number of rotatable bonds is 5. The molecular weight excluding hydrogens is 242 g/mol. The first-order valence-corrected chi connectivity index (χ1v) is 6.06. The normalized spacial score (nSPS) is 11.8. The lowest BCUT2D eigenvalue weighted by Gasteiger charge is -2.13. The highest BCUT2D eigenvalue weighted by molar-refractivity contribution is 5.43. The van der Waals surface area contributed by atoms with E-state index in [0.717, 1.165) is 12.2 Å². The fourth-order valence-electron chi connectivity index (χ4n) is 1.77. The van der Waals surface area contributed by atoms with Gasteiger partial charge in [-0.3, -0.25) is 0 Å². The van der Waals surface area contributed by atoms with Crippen LogP contribution in [-0.2, 0) is 0 Å². The highest BCUT2D eigenvalue weighted by atomic mass is 16.6. The molecule has 0 spiro atoms. The van der Waals surface area contributed by atoms with E-state index in [1.54, 1.807) is 6.07 Å². The van der Waals surface area contributed by atoms with Crippen molar-refractivity contribution < 1.29 is 4.92 Å². The van der Waals surface area contributed by atoms with E-state index < -0.39 is 4.92 Å². The van der Waals surface area contributed by atoms with Crippen LogP contribution in [0.5, 0.6) is 0 Å². The second kappa shape index (κ2) is 5.95. The van der Waals surface area contributed by atoms with Crippen LogP contribution < -0.4 is 5.32 Å². The number of hydrogen-bond donors (Lipinski definition) is 1. The fourth-order valence-corrected chi connectivity index (χ4v) is 1.77. The van der Waals surface area contributed by atoms with Crippen molar-refractivity contribution in [2.45, 2.75) is 12.8 Å². The van der Waals surface area contributed by atoms with Gasteiger partial charge >= 0.3 is 5.82 Å². The molecule has 5 nitrogen and oxygen atoms in total. The van der Waals surface area contributed by atoms with Crippen molar-refractivity contribution in [3.63, 3.8) is 0 Å². The van der Waals surface area contributed by atoms with Crippen LogP contribution in [0.4, 0.5) is 11.5 Å². The molecule has 0 aliphatic rings. The van der Waals surface area contributed by atoms with Crippen LogP contribution in [0, 0.1) is 10.1 Å². The summed E-state index contributed by atoms with van der Waals surface area (Å²) >= 11 is 0. The highest BCUT2D eigenvalue weighted by Crippen LogP contribution is 2.16. The van der Waals surface area contributed by atoms with Gasteiger partial charge in [-0.2, -0.15) is 0 Å². The number of pyridine rings is 1. The van der Waals surface area contributed by atoms with Crippen LogP contribution in [-0.4, -0.2) is 16.5 Å². The summed E-state index contributed by atoms with van der Waals surface area (Å²) in [6.07, 6.45) is 1.48. The van der Waals surface area contributed by atoms with Gasteiger partial charge in [-0.15, -0.1) is 0 Å². The molecule has 98 valence electrons. The number of nitrogens with zero attached hydrogens (tertiary/aromatic N) is 2. The van der Waals surface area contributed by atoms with E-state index in [1.807, 2.05) is 18.2 Å². The molecule has 1 N–H and O–H groups in total. The summed E-state index contributed by atoms with van der Waals surface area (Å²) in [4.78, 5) is 13.7. The smallest absolute Gasteiger partial charge is 0.363 e. The number of nitro groups is 1. The lowest BCUT2D eigenvalue weighted by molar-refractivity contribution is -0.389. The maximum atomic E-state index is 10.5. The average Bonchev–Trinajstić information content (AvgIpc) is 2.46. The zero-order valence-corrected chi connectivity index (χ0v) is 10.6. The molecule has 0 amide bonds. The lowest BCUT2D eigenvalue weighted by Crippen LogP contribution is -2.10. The van der Waals surface area contributed by atoms with Gasteiger partial charge < -0.3 is 15.4 Å². The minimum Gasteiger partial charge on any atom is -0.381 e. The van der Waals surface area contributed by atoms with Crippen molar-refractivity contribution in [1.29, 1.82) is 0 Å². The summed E-state index contributed by atoms with van der Waals surface area (Å²) in [5.74, 6) is 0.220. The van der Waals surface area contributed by atoms with Gasteiger partial charge in [0.25, 0.3) is 0 Å². The van der Waals surface area contributed by atoms with Crippen molar-refractivity contribution in [1.82, 2.24) is 4.98 Å². The van der Waals surface area contributed by atoms with Crippen molar-refractivity contribution >= 4 is 11.5 Å². The summed E-state index contributed by atoms with van der Waals surface area (Å²) in [7, 11) is 0. The molecule has 5 heteroatoms. The Kier molecular flexibility index (Phi) is 4.07. The zero-order chi connectivity index (χ0) is 13.7. The number of aromatic nitrogens is 1. The second-order valence-corrected chi connectivity index (χ2v) is 4.35. The largest absolute Gasteiger partial charge is 0.381 e. The standard InChI is InChI=1S/C14H15N3O2/c1-11(12-5-3-2-4-6-12)9-15-13-7-8-14(16-10-13)17(18)19/h2-8,10-11,15H,9H2,1H3. The quantitative estimate of drug-likeness (QED) is 0.659. The van der Waals surface area contributed by atoms with Gasteiger partial charge in [0, 0.05) is 12.6 Å². The Balaban J connectivity index is 1.93. The molecule has 0 fully saturated rings. The van der Waals surface area contributed by atoms with Crippen molar-refractivity contribution in [2.75, 3.05) is 11.9 Å². The molecule has 0 aliphatic carbocycles. The molecule has 2 rings (SSSR count). The molecule has 0 radical (unpaired) electrons. The predicted molar refractivity (Wildman–Crippen MR) is 74.2 cm³/mol. The van der Waals surface area contributed by atoms with E-state index in [-0.39, 0.29) is 5.82 Å². The molecular formula is C14H15N3O2. The van der Waals surface area contributed by atoms with E-state index in [9.17, 15) is 10.1 Å². The molecule has 0 saturated heterocycles. The topological polar surface area (TPSA) is 68.1 Å². The maximum absolute atomic E-state index is 10.5. The molecule has 1 aromatic heterocycles. The molecule has 1 aromatic carbocycles. The van der Waals surface area contributed by atoms with Crippen LogP contribution in [0.1, 0.15) is 18.4 Å². The van der Waals surface area contributed by atoms with Crippen LogP contribution in [0.2, 0.25) is 0 Å². The van der Waals surface area contributed by atoms with E-state index in [4.69, 9.17) is 0 Å². The van der Waals surface area contributed by atoms with Crippen molar-refractivity contribution in [3.05, 3.63) is 64.3 Å². The molecule has 1 atom stereocenters. The number of anilines is 1. The third kappa shape index (κ3) is 3.51. The zero-order valence-electron chi connectivity index (χ0n) is 10.6. The molecule has 0 aliphatic heterocycles. The van der Waals surface area contributed by atoms with E-state index in [0.29, 0.717) is 5.92 Å². The fraction of sp³-hybridized carbons (Fsp3) is 0.214. The van der Waals surface area contributed by atoms with Crippen LogP contribution in [0.25, 0.3) is 0 Å². The Morgan fingerprint density at radius 3 is 2.58 bits per heavy atom. The van der Waals surface area contributed by atoms with Gasteiger partial charge in [0.05, 0.1) is 5.69 Å². The first kappa shape index (κ1) is 13.0. The minimum absolute atomic E-state index is 0.137.